The van der Waals surface area contributed by atoms with Gasteiger partial charge in [-0.1, -0.05) is 60.9 Å². The van der Waals surface area contributed by atoms with Crippen molar-refractivity contribution in [2.45, 2.75) is 81.3 Å². The highest BCUT2D eigenvalue weighted by Crippen LogP contribution is 2.35. The molecule has 6 rings (SSSR count). The zero-order chi connectivity index (χ0) is 43.6. The lowest BCUT2D eigenvalue weighted by atomic mass is 9.86. The second-order valence-corrected chi connectivity index (χ2v) is 19.1. The number of hydrogen-bond donors (Lipinski definition) is 3. The molecular formula is C38H47N13O6S4. The quantitative estimate of drug-likeness (QED) is 0.0515. The van der Waals surface area contributed by atoms with Crippen LogP contribution in [-0.2, 0) is 33.1 Å². The van der Waals surface area contributed by atoms with E-state index < -0.39 is 28.9 Å². The van der Waals surface area contributed by atoms with Crippen molar-refractivity contribution in [3.8, 4) is 0 Å². The van der Waals surface area contributed by atoms with Crippen molar-refractivity contribution in [2.24, 2.45) is 26.4 Å². The third kappa shape index (κ3) is 12.4. The average Bonchev–Trinajstić information content (AvgIpc) is 3.93. The molecule has 0 atom stereocenters. The maximum absolute atomic E-state index is 11.6. The van der Waals surface area contributed by atoms with Gasteiger partial charge >= 0.3 is 20.2 Å². The molecule has 324 valence electrons. The third-order valence-corrected chi connectivity index (χ3v) is 13.9. The fraction of sp³-hybridized carbons (Fsp3) is 0.421. The van der Waals surface area contributed by atoms with Crippen LogP contribution in [0.4, 0.5) is 44.6 Å². The summed E-state index contributed by atoms with van der Waals surface area (Å²) in [5.74, 6) is 0.852. The summed E-state index contributed by atoms with van der Waals surface area (Å²) in [5.41, 5.74) is 5.86. The van der Waals surface area contributed by atoms with Gasteiger partial charge in [0.15, 0.2) is 0 Å². The number of benzene rings is 2. The van der Waals surface area contributed by atoms with Crippen LogP contribution in [0.25, 0.3) is 6.08 Å². The number of aromatic nitrogens is 6. The standard InChI is InChI=1S/C38H47N13O6S4/c1-5-50(6-2)29-17-19-31(42-44-35-46-48-37(58-35)60(52,53)54)26(22-29)15-12-16-27-23-28(21-25-13-10-9-11-14-25)40-34(39-27)41-33-24-30(51(7-3)8-4)18-20-32(33)43-45-36-47-49-38(59-36)61(55,56)57/h12,16-20,22-25H,5-11,13-15,21H2,1-4H3,(H,39,40,41)(H,52,53,54)(H,55,56,57). The maximum atomic E-state index is 11.6. The number of hydrogen-bond acceptors (Lipinski definition) is 19. The molecule has 3 aromatic heterocycles. The van der Waals surface area contributed by atoms with Gasteiger partial charge in [-0.25, -0.2) is 9.97 Å². The Balaban J connectivity index is 1.34. The SMILES string of the molecule is CCN(CC)c1ccc(N=Nc2nnc(S(=O)(=O)O)s2)c(CC=Cc2cc(CC3CCCCC3)nc(Nc3cc(N(CC)CC)ccc3N=Nc3nnc(S(=O)(=O)O)s3)n2)c1. The van der Waals surface area contributed by atoms with E-state index in [1.807, 2.05) is 48.6 Å². The molecule has 0 unspecified atom stereocenters. The minimum atomic E-state index is -4.54. The zero-order valence-corrected chi connectivity index (χ0v) is 37.3. The summed E-state index contributed by atoms with van der Waals surface area (Å²) in [7, 11) is -9.06. The van der Waals surface area contributed by atoms with E-state index in [0.29, 0.717) is 63.7 Å². The summed E-state index contributed by atoms with van der Waals surface area (Å²) in [6.45, 7) is 11.4. The third-order valence-electron chi connectivity index (χ3n) is 9.91. The van der Waals surface area contributed by atoms with Crippen LogP contribution < -0.4 is 15.1 Å². The average molecular weight is 910 g/mol. The Morgan fingerprint density at radius 2 is 1.28 bits per heavy atom. The zero-order valence-electron chi connectivity index (χ0n) is 34.1. The molecule has 0 amide bonds. The van der Waals surface area contributed by atoms with E-state index in [2.05, 4.69) is 83.7 Å². The second kappa shape index (κ2) is 20.6. The number of nitrogens with zero attached hydrogens (tertiary/aromatic N) is 12. The molecule has 1 aliphatic carbocycles. The van der Waals surface area contributed by atoms with Crippen LogP contribution in [0.1, 0.15) is 76.8 Å². The Bertz CT molecular complexity index is 2600. The molecule has 23 heteroatoms. The minimum absolute atomic E-state index is 0.0211. The molecule has 3 heterocycles. The summed E-state index contributed by atoms with van der Waals surface area (Å²) in [5, 5.41) is 34.8. The van der Waals surface area contributed by atoms with Gasteiger partial charge in [0.25, 0.3) is 18.9 Å². The molecule has 2 aromatic carbocycles. The first kappa shape index (κ1) is 45.3. The fourth-order valence-electron chi connectivity index (χ4n) is 6.88. The van der Waals surface area contributed by atoms with Crippen molar-refractivity contribution in [2.75, 3.05) is 41.3 Å². The van der Waals surface area contributed by atoms with Crippen molar-refractivity contribution in [3.63, 3.8) is 0 Å². The van der Waals surface area contributed by atoms with Crippen molar-refractivity contribution in [1.82, 2.24) is 30.4 Å². The molecule has 0 radical (unpaired) electrons. The van der Waals surface area contributed by atoms with Crippen LogP contribution in [0.15, 0.2) is 77.7 Å². The highest BCUT2D eigenvalue weighted by molar-refractivity contribution is 7.88. The van der Waals surface area contributed by atoms with Gasteiger partial charge in [-0.15, -0.1) is 40.9 Å². The van der Waals surface area contributed by atoms with E-state index >= 15 is 0 Å². The Morgan fingerprint density at radius 3 is 1.84 bits per heavy atom. The van der Waals surface area contributed by atoms with Crippen molar-refractivity contribution in [1.29, 1.82) is 0 Å². The second-order valence-electron chi connectivity index (χ2n) is 14.0. The van der Waals surface area contributed by atoms with Gasteiger partial charge in [0.05, 0.1) is 17.1 Å². The summed E-state index contributed by atoms with van der Waals surface area (Å²) in [6.07, 6.45) is 11.0. The Labute approximate surface area is 362 Å². The van der Waals surface area contributed by atoms with Crippen molar-refractivity contribution >= 4 is 93.6 Å². The van der Waals surface area contributed by atoms with E-state index in [4.69, 9.17) is 9.97 Å². The normalized spacial score (nSPS) is 14.1. The number of anilines is 4. The van der Waals surface area contributed by atoms with E-state index in [0.717, 1.165) is 68.1 Å². The van der Waals surface area contributed by atoms with E-state index in [1.54, 1.807) is 6.07 Å². The Morgan fingerprint density at radius 1 is 0.721 bits per heavy atom. The topological polar surface area (TPSA) is 254 Å². The molecule has 0 aliphatic heterocycles. The van der Waals surface area contributed by atoms with E-state index in [-0.39, 0.29) is 10.3 Å². The number of rotatable bonds is 19. The van der Waals surface area contributed by atoms with Crippen LogP contribution in [0.3, 0.4) is 0 Å². The van der Waals surface area contributed by atoms with Crippen LogP contribution >= 0.6 is 22.7 Å². The first-order valence-corrected chi connectivity index (χ1v) is 24.3. The van der Waals surface area contributed by atoms with Gasteiger partial charge in [-0.3, -0.25) is 9.11 Å². The largest absolute Gasteiger partial charge is 0.372 e. The smallest absolute Gasteiger partial charge is 0.324 e. The van der Waals surface area contributed by atoms with Crippen molar-refractivity contribution < 1.29 is 25.9 Å². The van der Waals surface area contributed by atoms with Crippen LogP contribution in [0.5, 0.6) is 0 Å². The Hall–Kier alpha value is -5.20. The minimum Gasteiger partial charge on any atom is -0.372 e. The predicted octanol–water partition coefficient (Wildman–Crippen LogP) is 9.32. The van der Waals surface area contributed by atoms with Gasteiger partial charge in [-0.05, 0) is 101 Å². The molecule has 19 nitrogen and oxygen atoms in total. The molecule has 0 bridgehead atoms. The van der Waals surface area contributed by atoms with Crippen molar-refractivity contribution in [3.05, 3.63) is 65.5 Å². The monoisotopic (exact) mass is 909 g/mol. The number of nitrogens with one attached hydrogen (secondary N) is 1. The summed E-state index contributed by atoms with van der Waals surface area (Å²) >= 11 is 1.20. The number of allylic oxidation sites excluding steroid dienone is 1. The molecule has 0 spiro atoms. The van der Waals surface area contributed by atoms with Gasteiger partial charge in [0.2, 0.25) is 5.95 Å². The van der Waals surface area contributed by atoms with E-state index in [1.165, 1.54) is 19.3 Å². The van der Waals surface area contributed by atoms with Gasteiger partial charge < -0.3 is 15.1 Å². The van der Waals surface area contributed by atoms with Gasteiger partial charge in [0, 0.05) is 43.2 Å². The van der Waals surface area contributed by atoms with Gasteiger partial charge in [0.1, 0.15) is 5.69 Å². The molecule has 1 saturated carbocycles. The van der Waals surface area contributed by atoms with Crippen LogP contribution in [0.2, 0.25) is 0 Å². The fourth-order valence-corrected chi connectivity index (χ4v) is 9.26. The molecule has 0 saturated heterocycles. The molecule has 61 heavy (non-hydrogen) atoms. The van der Waals surface area contributed by atoms with E-state index in [9.17, 15) is 25.9 Å². The summed E-state index contributed by atoms with van der Waals surface area (Å²) in [6, 6.07) is 13.5. The molecular weight excluding hydrogens is 863 g/mol. The summed E-state index contributed by atoms with van der Waals surface area (Å²) in [4.78, 5) is 14.3. The highest BCUT2D eigenvalue weighted by atomic mass is 32.3. The van der Waals surface area contributed by atoms with Crippen LogP contribution in [-0.4, -0.2) is 82.5 Å². The lowest BCUT2D eigenvalue weighted by Gasteiger charge is -2.22. The molecule has 1 aliphatic rings. The molecule has 3 N–H and O–H groups in total. The lowest BCUT2D eigenvalue weighted by molar-refractivity contribution is 0.354. The highest BCUT2D eigenvalue weighted by Gasteiger charge is 2.20. The first-order valence-electron chi connectivity index (χ1n) is 19.8. The maximum Gasteiger partial charge on any atom is 0.324 e. The number of azo groups is 2. The first-order chi connectivity index (χ1) is 29.3. The van der Waals surface area contributed by atoms with Crippen LogP contribution in [0, 0.1) is 5.92 Å². The summed E-state index contributed by atoms with van der Waals surface area (Å²) < 4.78 is 63.7. The van der Waals surface area contributed by atoms with Gasteiger partial charge in [-0.2, -0.15) is 16.8 Å². The molecule has 1 fully saturated rings. The Kier molecular flexibility index (Phi) is 15.3. The lowest BCUT2D eigenvalue weighted by Crippen LogP contribution is -2.21. The molecule has 5 aromatic rings. The predicted molar refractivity (Wildman–Crippen MR) is 236 cm³/mol.